The standard InChI is InChI=1S/C22H35N7.HI/c1-3-12-23-22(24-13-16-29-18-26-27-21(29)4-2)25-17-20(28-14-8-9-15-28)19-10-6-5-7-11-19;/h5-7,10-11,18,20H,3-4,8-9,12-17H2,1-2H3,(H2,23,24,25);1H. The van der Waals surface area contributed by atoms with Crippen molar-refractivity contribution in [2.24, 2.45) is 4.99 Å². The summed E-state index contributed by atoms with van der Waals surface area (Å²) in [7, 11) is 0. The van der Waals surface area contributed by atoms with E-state index in [2.05, 4.69) is 74.5 Å². The van der Waals surface area contributed by atoms with Crippen molar-refractivity contribution in [1.82, 2.24) is 30.3 Å². The molecule has 0 radical (unpaired) electrons. The Morgan fingerprint density at radius 3 is 2.53 bits per heavy atom. The first-order valence-electron chi connectivity index (χ1n) is 11.0. The number of nitrogens with one attached hydrogen (secondary N) is 2. The molecular weight excluding hydrogens is 489 g/mol. The normalized spacial score (nSPS) is 15.6. The quantitative estimate of drug-likeness (QED) is 0.283. The lowest BCUT2D eigenvalue weighted by molar-refractivity contribution is 0.251. The summed E-state index contributed by atoms with van der Waals surface area (Å²) < 4.78 is 2.10. The molecule has 2 aromatic rings. The number of likely N-dealkylation sites (tertiary alicyclic amines) is 1. The van der Waals surface area contributed by atoms with Crippen molar-refractivity contribution in [3.05, 3.63) is 48.0 Å². The number of aromatic nitrogens is 3. The molecule has 3 rings (SSSR count). The van der Waals surface area contributed by atoms with Gasteiger partial charge in [-0.2, -0.15) is 0 Å². The summed E-state index contributed by atoms with van der Waals surface area (Å²) in [5.41, 5.74) is 1.35. The van der Waals surface area contributed by atoms with Gasteiger partial charge < -0.3 is 15.2 Å². The fraction of sp³-hybridized carbons (Fsp3) is 0.591. The van der Waals surface area contributed by atoms with E-state index in [0.717, 1.165) is 63.9 Å². The van der Waals surface area contributed by atoms with E-state index in [4.69, 9.17) is 4.99 Å². The fourth-order valence-corrected chi connectivity index (χ4v) is 3.79. The van der Waals surface area contributed by atoms with E-state index in [1.807, 2.05) is 0 Å². The van der Waals surface area contributed by atoms with E-state index in [1.54, 1.807) is 6.33 Å². The van der Waals surface area contributed by atoms with Gasteiger partial charge in [0, 0.05) is 26.1 Å². The van der Waals surface area contributed by atoms with Crippen LogP contribution in [0.4, 0.5) is 0 Å². The van der Waals surface area contributed by atoms with Crippen molar-refractivity contribution < 1.29 is 0 Å². The van der Waals surface area contributed by atoms with Gasteiger partial charge in [0.15, 0.2) is 5.96 Å². The van der Waals surface area contributed by atoms with Crippen molar-refractivity contribution in [2.75, 3.05) is 32.7 Å². The molecular formula is C22H36IN7. The number of hydrogen-bond donors (Lipinski definition) is 2. The molecule has 2 N–H and O–H groups in total. The second-order valence-electron chi connectivity index (χ2n) is 7.51. The predicted octanol–water partition coefficient (Wildman–Crippen LogP) is 3.24. The van der Waals surface area contributed by atoms with Gasteiger partial charge >= 0.3 is 0 Å². The first-order chi connectivity index (χ1) is 14.3. The van der Waals surface area contributed by atoms with Crippen molar-refractivity contribution in [3.8, 4) is 0 Å². The van der Waals surface area contributed by atoms with Gasteiger partial charge in [0.1, 0.15) is 12.2 Å². The largest absolute Gasteiger partial charge is 0.356 e. The van der Waals surface area contributed by atoms with E-state index < -0.39 is 0 Å². The highest BCUT2D eigenvalue weighted by Gasteiger charge is 2.23. The third-order valence-corrected chi connectivity index (χ3v) is 5.39. The molecule has 0 aliphatic carbocycles. The molecule has 1 aromatic heterocycles. The summed E-state index contributed by atoms with van der Waals surface area (Å²) in [6, 6.07) is 11.1. The van der Waals surface area contributed by atoms with Gasteiger partial charge in [-0.3, -0.25) is 9.89 Å². The van der Waals surface area contributed by atoms with Gasteiger partial charge in [0.25, 0.3) is 0 Å². The molecule has 0 saturated carbocycles. The van der Waals surface area contributed by atoms with Crippen LogP contribution in [-0.2, 0) is 13.0 Å². The molecule has 1 unspecified atom stereocenters. The highest BCUT2D eigenvalue weighted by molar-refractivity contribution is 14.0. The number of hydrogen-bond acceptors (Lipinski definition) is 4. The molecule has 1 atom stereocenters. The maximum atomic E-state index is 4.96. The smallest absolute Gasteiger partial charge is 0.191 e. The van der Waals surface area contributed by atoms with Crippen LogP contribution in [0.15, 0.2) is 41.7 Å². The topological polar surface area (TPSA) is 70.4 Å². The molecule has 8 heteroatoms. The Bertz CT molecular complexity index is 741. The van der Waals surface area contributed by atoms with Gasteiger partial charge in [-0.05, 0) is 37.9 Å². The van der Waals surface area contributed by atoms with Crippen molar-refractivity contribution in [1.29, 1.82) is 0 Å². The van der Waals surface area contributed by atoms with E-state index in [9.17, 15) is 0 Å². The van der Waals surface area contributed by atoms with Crippen LogP contribution in [0.5, 0.6) is 0 Å². The van der Waals surface area contributed by atoms with E-state index >= 15 is 0 Å². The number of aliphatic imine (C=N–C) groups is 1. The Morgan fingerprint density at radius 2 is 1.83 bits per heavy atom. The minimum atomic E-state index is 0. The van der Waals surface area contributed by atoms with Crippen LogP contribution >= 0.6 is 24.0 Å². The third kappa shape index (κ3) is 7.23. The summed E-state index contributed by atoms with van der Waals surface area (Å²) in [6.07, 6.45) is 6.33. The lowest BCUT2D eigenvalue weighted by Gasteiger charge is -2.27. The SMILES string of the molecule is CCCNC(=NCC(c1ccccc1)N1CCCC1)NCCn1cnnc1CC.I. The number of aryl methyl sites for hydroxylation is 1. The minimum Gasteiger partial charge on any atom is -0.356 e. The van der Waals surface area contributed by atoms with Crippen LogP contribution < -0.4 is 10.6 Å². The molecule has 2 heterocycles. The van der Waals surface area contributed by atoms with Gasteiger partial charge in [0.2, 0.25) is 0 Å². The molecule has 1 aromatic carbocycles. The van der Waals surface area contributed by atoms with Crippen LogP contribution in [0, 0.1) is 0 Å². The number of rotatable bonds is 10. The summed E-state index contributed by atoms with van der Waals surface area (Å²) in [5, 5.41) is 15.1. The number of nitrogens with zero attached hydrogens (tertiary/aromatic N) is 5. The zero-order valence-corrected chi connectivity index (χ0v) is 20.6. The number of halogens is 1. The van der Waals surface area contributed by atoms with Crippen molar-refractivity contribution >= 4 is 29.9 Å². The summed E-state index contributed by atoms with van der Waals surface area (Å²) >= 11 is 0. The van der Waals surface area contributed by atoms with Crippen LogP contribution in [0.25, 0.3) is 0 Å². The first kappa shape index (κ1) is 24.6. The average Bonchev–Trinajstić information content (AvgIpc) is 3.44. The minimum absolute atomic E-state index is 0. The first-order valence-corrected chi connectivity index (χ1v) is 11.0. The lowest BCUT2D eigenvalue weighted by Crippen LogP contribution is -2.40. The molecule has 1 saturated heterocycles. The van der Waals surface area contributed by atoms with Gasteiger partial charge in [0.05, 0.1) is 12.6 Å². The number of guanidine groups is 1. The highest BCUT2D eigenvalue weighted by atomic mass is 127. The van der Waals surface area contributed by atoms with E-state index in [1.165, 1.54) is 18.4 Å². The highest BCUT2D eigenvalue weighted by Crippen LogP contribution is 2.25. The maximum absolute atomic E-state index is 4.96. The van der Waals surface area contributed by atoms with Crippen molar-refractivity contribution in [2.45, 2.75) is 52.1 Å². The predicted molar refractivity (Wildman–Crippen MR) is 133 cm³/mol. The zero-order chi connectivity index (χ0) is 20.3. The second kappa shape index (κ2) is 13.6. The molecule has 0 spiro atoms. The van der Waals surface area contributed by atoms with E-state index in [-0.39, 0.29) is 24.0 Å². The molecule has 0 bridgehead atoms. The summed E-state index contributed by atoms with van der Waals surface area (Å²) in [4.78, 5) is 7.53. The molecule has 30 heavy (non-hydrogen) atoms. The third-order valence-electron chi connectivity index (χ3n) is 5.39. The Morgan fingerprint density at radius 1 is 1.10 bits per heavy atom. The Balaban J connectivity index is 0.00000320. The monoisotopic (exact) mass is 525 g/mol. The average molecular weight is 525 g/mol. The van der Waals surface area contributed by atoms with Crippen molar-refractivity contribution in [3.63, 3.8) is 0 Å². The zero-order valence-electron chi connectivity index (χ0n) is 18.3. The van der Waals surface area contributed by atoms with Crippen LogP contribution in [0.3, 0.4) is 0 Å². The molecule has 1 aliphatic rings. The summed E-state index contributed by atoms with van der Waals surface area (Å²) in [6.45, 7) is 9.89. The van der Waals surface area contributed by atoms with Gasteiger partial charge in [-0.1, -0.05) is 44.2 Å². The molecule has 0 amide bonds. The Hall–Kier alpha value is -1.68. The molecule has 7 nitrogen and oxygen atoms in total. The van der Waals surface area contributed by atoms with Crippen LogP contribution in [-0.4, -0.2) is 58.3 Å². The van der Waals surface area contributed by atoms with Gasteiger partial charge in [-0.15, -0.1) is 34.2 Å². The van der Waals surface area contributed by atoms with Crippen LogP contribution in [0.1, 0.15) is 50.5 Å². The second-order valence-corrected chi connectivity index (χ2v) is 7.51. The summed E-state index contributed by atoms with van der Waals surface area (Å²) in [5.74, 6) is 1.91. The molecule has 1 fully saturated rings. The van der Waals surface area contributed by atoms with E-state index in [0.29, 0.717) is 6.04 Å². The Labute approximate surface area is 197 Å². The molecule has 166 valence electrons. The maximum Gasteiger partial charge on any atom is 0.191 e. The number of benzene rings is 1. The lowest BCUT2D eigenvalue weighted by atomic mass is 10.1. The van der Waals surface area contributed by atoms with Gasteiger partial charge in [-0.25, -0.2) is 0 Å². The Kier molecular flexibility index (Phi) is 11.1. The van der Waals surface area contributed by atoms with Crippen LogP contribution in [0.2, 0.25) is 0 Å². The fourth-order valence-electron chi connectivity index (χ4n) is 3.79. The molecule has 1 aliphatic heterocycles.